The van der Waals surface area contributed by atoms with Gasteiger partial charge in [-0.2, -0.15) is 0 Å². The molecule has 0 fully saturated rings. The van der Waals surface area contributed by atoms with Crippen LogP contribution in [0.3, 0.4) is 0 Å². The molecule has 2 heterocycles. The molecule has 0 aliphatic carbocycles. The lowest BCUT2D eigenvalue weighted by Crippen LogP contribution is -2.16. The Hall–Kier alpha value is -2.48. The van der Waals surface area contributed by atoms with E-state index in [1.165, 1.54) is 33.6 Å². The summed E-state index contributed by atoms with van der Waals surface area (Å²) in [6.45, 7) is 6.37. The Morgan fingerprint density at radius 3 is 2.46 bits per heavy atom. The molecule has 2 nitrogen and oxygen atoms in total. The predicted octanol–water partition coefficient (Wildman–Crippen LogP) is 6.16. The minimum atomic E-state index is 0.978. The normalized spacial score (nSPS) is 13.9. The monoisotopic (exact) mass is 317 g/mol. The van der Waals surface area contributed by atoms with Crippen LogP contribution in [-0.2, 0) is 12.8 Å². The average Bonchev–Trinajstić information content (AvgIpc) is 2.90. The lowest BCUT2D eigenvalue weighted by atomic mass is 9.97. The largest absolute Gasteiger partial charge is 0.445 e. The third-order valence-corrected chi connectivity index (χ3v) is 4.84. The zero-order valence-electron chi connectivity index (χ0n) is 14.6. The van der Waals surface area contributed by atoms with Gasteiger partial charge in [-0.05, 0) is 69.4 Å². The number of furan rings is 1. The lowest BCUT2D eigenvalue weighted by molar-refractivity contribution is 0.537. The van der Waals surface area contributed by atoms with Gasteiger partial charge in [0.1, 0.15) is 5.76 Å². The van der Waals surface area contributed by atoms with Crippen molar-refractivity contribution in [1.82, 2.24) is 0 Å². The van der Waals surface area contributed by atoms with Gasteiger partial charge in [0.15, 0.2) is 0 Å². The summed E-state index contributed by atoms with van der Waals surface area (Å²) in [6.07, 6.45) is 3.32. The van der Waals surface area contributed by atoms with Gasteiger partial charge in [0, 0.05) is 5.56 Å². The molecule has 0 saturated carbocycles. The molecule has 1 aromatic heterocycles. The van der Waals surface area contributed by atoms with Gasteiger partial charge in [0.25, 0.3) is 0 Å². The first-order valence-corrected chi connectivity index (χ1v) is 8.68. The molecule has 0 saturated heterocycles. The predicted molar refractivity (Wildman–Crippen MR) is 99.6 cm³/mol. The number of aryl methyl sites for hydroxylation is 5. The van der Waals surface area contributed by atoms with E-state index in [-0.39, 0.29) is 0 Å². The Bertz CT molecular complexity index is 891. The maximum absolute atomic E-state index is 6.18. The molecule has 0 atom stereocenters. The van der Waals surface area contributed by atoms with Crippen molar-refractivity contribution in [1.29, 1.82) is 0 Å². The molecule has 0 amide bonds. The van der Waals surface area contributed by atoms with Gasteiger partial charge in [-0.25, -0.2) is 0 Å². The van der Waals surface area contributed by atoms with E-state index in [4.69, 9.17) is 4.42 Å². The van der Waals surface area contributed by atoms with E-state index in [9.17, 15) is 0 Å². The summed E-state index contributed by atoms with van der Waals surface area (Å²) in [5.41, 5.74) is 7.71. The first-order chi connectivity index (χ1) is 11.6. The smallest absolute Gasteiger partial charge is 0.207 e. The first-order valence-electron chi connectivity index (χ1n) is 8.68. The molecule has 0 spiro atoms. The highest BCUT2D eigenvalue weighted by atomic mass is 16.4. The van der Waals surface area contributed by atoms with E-state index in [0.29, 0.717) is 0 Å². The molecule has 24 heavy (non-hydrogen) atoms. The topological polar surface area (TPSA) is 16.4 Å². The van der Waals surface area contributed by atoms with Crippen molar-refractivity contribution in [2.24, 2.45) is 0 Å². The van der Waals surface area contributed by atoms with Gasteiger partial charge in [0.05, 0.1) is 11.4 Å². The van der Waals surface area contributed by atoms with Crippen molar-refractivity contribution in [3.8, 4) is 0 Å². The summed E-state index contributed by atoms with van der Waals surface area (Å²) in [5.74, 6) is 1.96. The summed E-state index contributed by atoms with van der Waals surface area (Å²) >= 11 is 0. The van der Waals surface area contributed by atoms with E-state index < -0.39 is 0 Å². The highest BCUT2D eigenvalue weighted by Gasteiger charge is 2.25. The van der Waals surface area contributed by atoms with E-state index in [0.717, 1.165) is 30.9 Å². The summed E-state index contributed by atoms with van der Waals surface area (Å²) in [5, 5.41) is 0. The van der Waals surface area contributed by atoms with E-state index >= 15 is 0 Å². The Kier molecular flexibility index (Phi) is 3.68. The molecule has 0 unspecified atom stereocenters. The summed E-state index contributed by atoms with van der Waals surface area (Å²) in [7, 11) is 0. The maximum Gasteiger partial charge on any atom is 0.207 e. The Morgan fingerprint density at radius 1 is 0.833 bits per heavy atom. The zero-order valence-corrected chi connectivity index (χ0v) is 14.6. The van der Waals surface area contributed by atoms with Crippen molar-refractivity contribution in [2.45, 2.75) is 40.0 Å². The molecule has 3 aromatic rings. The summed E-state index contributed by atoms with van der Waals surface area (Å²) in [4.78, 5) is 2.31. The Balaban J connectivity index is 2.00. The van der Waals surface area contributed by atoms with Crippen molar-refractivity contribution in [3.05, 3.63) is 76.5 Å². The van der Waals surface area contributed by atoms with Crippen LogP contribution in [0.1, 0.15) is 34.4 Å². The van der Waals surface area contributed by atoms with Crippen LogP contribution in [-0.4, -0.2) is 0 Å². The number of fused-ring (bicyclic) bond motifs is 2. The number of nitrogens with zero attached hydrogens (tertiary/aromatic N) is 1. The fourth-order valence-electron chi connectivity index (χ4n) is 3.69. The van der Waals surface area contributed by atoms with Crippen molar-refractivity contribution >= 4 is 17.3 Å². The van der Waals surface area contributed by atoms with Gasteiger partial charge < -0.3 is 4.42 Å². The van der Waals surface area contributed by atoms with Crippen LogP contribution in [0.25, 0.3) is 0 Å². The molecule has 1 aliphatic heterocycles. The van der Waals surface area contributed by atoms with Crippen LogP contribution in [0.5, 0.6) is 0 Å². The molecule has 2 heteroatoms. The van der Waals surface area contributed by atoms with Gasteiger partial charge in [0.2, 0.25) is 5.88 Å². The lowest BCUT2D eigenvalue weighted by Gasteiger charge is -2.29. The number of hydrogen-bond donors (Lipinski definition) is 0. The van der Waals surface area contributed by atoms with Crippen LogP contribution in [0.15, 0.2) is 52.9 Å². The zero-order chi connectivity index (χ0) is 16.7. The van der Waals surface area contributed by atoms with E-state index in [1.54, 1.807) is 0 Å². The fraction of sp³-hybridized carbons (Fsp3) is 0.273. The maximum atomic E-state index is 6.18. The van der Waals surface area contributed by atoms with Crippen LogP contribution in [0.4, 0.5) is 17.3 Å². The quantitative estimate of drug-likeness (QED) is 0.534. The second-order valence-electron chi connectivity index (χ2n) is 6.80. The third kappa shape index (κ3) is 2.52. The summed E-state index contributed by atoms with van der Waals surface area (Å²) in [6, 6.07) is 17.5. The van der Waals surface area contributed by atoms with Crippen LogP contribution >= 0.6 is 0 Å². The van der Waals surface area contributed by atoms with Crippen molar-refractivity contribution in [2.75, 3.05) is 4.90 Å². The number of anilines is 3. The van der Waals surface area contributed by atoms with E-state index in [2.05, 4.69) is 67.3 Å². The second kappa shape index (κ2) is 5.86. The van der Waals surface area contributed by atoms with Crippen molar-refractivity contribution in [3.63, 3.8) is 0 Å². The standard InChI is InChI=1S/C22H23NO/c1-15-11-12-21-18(13-15)8-6-9-19-14-17(3)24-22(19)23(21)20-10-5-4-7-16(20)2/h4-5,7,10-14H,6,8-9H2,1-3H3. The van der Waals surface area contributed by atoms with Crippen LogP contribution in [0, 0.1) is 20.8 Å². The van der Waals surface area contributed by atoms with Gasteiger partial charge in [-0.15, -0.1) is 0 Å². The molecule has 0 radical (unpaired) electrons. The molecule has 122 valence electrons. The van der Waals surface area contributed by atoms with Crippen LogP contribution < -0.4 is 4.90 Å². The highest BCUT2D eigenvalue weighted by molar-refractivity contribution is 5.79. The number of benzene rings is 2. The van der Waals surface area contributed by atoms with Gasteiger partial charge >= 0.3 is 0 Å². The fourth-order valence-corrected chi connectivity index (χ4v) is 3.69. The van der Waals surface area contributed by atoms with E-state index in [1.807, 2.05) is 6.92 Å². The molecule has 2 aromatic carbocycles. The third-order valence-electron chi connectivity index (χ3n) is 4.84. The minimum Gasteiger partial charge on any atom is -0.445 e. The molecular weight excluding hydrogens is 294 g/mol. The van der Waals surface area contributed by atoms with Gasteiger partial charge in [-0.1, -0.05) is 35.9 Å². The molecular formula is C22H23NO. The number of para-hydroxylation sites is 1. The second-order valence-corrected chi connectivity index (χ2v) is 6.80. The molecule has 0 N–H and O–H groups in total. The number of rotatable bonds is 1. The molecule has 0 bridgehead atoms. The summed E-state index contributed by atoms with van der Waals surface area (Å²) < 4.78 is 6.18. The van der Waals surface area contributed by atoms with Gasteiger partial charge in [-0.3, -0.25) is 4.90 Å². The number of hydrogen-bond acceptors (Lipinski definition) is 2. The molecule has 1 aliphatic rings. The first kappa shape index (κ1) is 15.1. The Morgan fingerprint density at radius 2 is 1.62 bits per heavy atom. The highest BCUT2D eigenvalue weighted by Crippen LogP contribution is 2.43. The average molecular weight is 317 g/mol. The Labute approximate surface area is 143 Å². The van der Waals surface area contributed by atoms with Crippen molar-refractivity contribution < 1.29 is 4.42 Å². The SMILES string of the molecule is Cc1ccc2c(c1)CCCc1cc(C)oc1N2c1ccccc1C. The minimum absolute atomic E-state index is 0.978. The van der Waals surface area contributed by atoms with Crippen LogP contribution in [0.2, 0.25) is 0 Å². The molecule has 4 rings (SSSR count).